The molecule has 0 saturated heterocycles. The maximum Gasteiger partial charge on any atom is 2.00 e. The Morgan fingerprint density at radius 2 is 1.24 bits per heavy atom. The van der Waals surface area contributed by atoms with Crippen LogP contribution in [0, 0.1) is 0 Å². The van der Waals surface area contributed by atoms with E-state index in [-0.39, 0.29) is 48.9 Å². The minimum atomic E-state index is -1.11. The zero-order chi connectivity index (χ0) is 12.0. The number of hydrogen-bond donors (Lipinski definition) is 0. The van der Waals surface area contributed by atoms with Crippen LogP contribution in [0.5, 0.6) is 0 Å². The van der Waals surface area contributed by atoms with Crippen molar-refractivity contribution < 1.29 is 19.8 Å². The molecule has 0 unspecified atom stereocenters. The van der Waals surface area contributed by atoms with Crippen LogP contribution in [0.25, 0.3) is 0 Å². The quantitative estimate of drug-likeness (QED) is 0.503. The summed E-state index contributed by atoms with van der Waals surface area (Å²) >= 11 is 0. The van der Waals surface area contributed by atoms with Gasteiger partial charge in [-0.05, 0) is 12.8 Å². The smallest absolute Gasteiger partial charge is 0.530 e. The van der Waals surface area contributed by atoms with Crippen molar-refractivity contribution in [2.45, 2.75) is 12.8 Å². The Balaban J connectivity index is 0.000000284. The van der Waals surface area contributed by atoms with Crippen LogP contribution in [0.4, 0.5) is 9.59 Å². The molecule has 0 N–H and O–H groups in total. The van der Waals surface area contributed by atoms with Gasteiger partial charge < -0.3 is 29.6 Å². The van der Waals surface area contributed by atoms with Crippen LogP contribution in [0.2, 0.25) is 0 Å². The van der Waals surface area contributed by atoms with E-state index in [0.717, 1.165) is 22.6 Å². The van der Waals surface area contributed by atoms with Gasteiger partial charge in [-0.25, -0.2) is 0 Å². The molecule has 0 radical (unpaired) electrons. The van der Waals surface area contributed by atoms with Crippen molar-refractivity contribution in [3.8, 4) is 0 Å². The standard InChI is InChI=1S/2C5H7NO2.Ba/c2*7-5(8)6-3-1-2-4-6;/h2*1,3H,2,4H2,(H,7,8);/q;;+2/p-2. The maximum absolute atomic E-state index is 9.97. The summed E-state index contributed by atoms with van der Waals surface area (Å²) in [7, 11) is 0. The fraction of sp³-hybridized carbons (Fsp3) is 0.400. The molecule has 0 atom stereocenters. The molecule has 0 aliphatic carbocycles. The van der Waals surface area contributed by atoms with E-state index in [1.54, 1.807) is 12.2 Å². The fourth-order valence-corrected chi connectivity index (χ4v) is 1.28. The first-order valence-corrected chi connectivity index (χ1v) is 4.90. The first kappa shape index (κ1) is 16.6. The van der Waals surface area contributed by atoms with Gasteiger partial charge in [0, 0.05) is 25.5 Å². The number of carboxylic acid groups (broad SMARTS) is 2. The van der Waals surface area contributed by atoms with Gasteiger partial charge in [-0.3, -0.25) is 0 Å². The van der Waals surface area contributed by atoms with Crippen LogP contribution >= 0.6 is 0 Å². The molecule has 0 bridgehead atoms. The fourth-order valence-electron chi connectivity index (χ4n) is 1.28. The molecule has 88 valence electrons. The molecule has 2 heterocycles. The van der Waals surface area contributed by atoms with Gasteiger partial charge >= 0.3 is 48.9 Å². The summed E-state index contributed by atoms with van der Waals surface area (Å²) in [6.07, 6.45) is 6.05. The van der Waals surface area contributed by atoms with Gasteiger partial charge in [-0.2, -0.15) is 0 Å². The molecule has 6 nitrogen and oxygen atoms in total. The van der Waals surface area contributed by atoms with E-state index in [1.165, 1.54) is 12.4 Å². The van der Waals surface area contributed by atoms with Crippen molar-refractivity contribution in [3.63, 3.8) is 0 Å². The van der Waals surface area contributed by atoms with Gasteiger partial charge in [0.2, 0.25) is 0 Å². The number of hydrogen-bond acceptors (Lipinski definition) is 4. The van der Waals surface area contributed by atoms with Crippen molar-refractivity contribution in [1.29, 1.82) is 0 Å². The van der Waals surface area contributed by atoms with E-state index in [4.69, 9.17) is 0 Å². The second-order valence-electron chi connectivity index (χ2n) is 3.27. The summed E-state index contributed by atoms with van der Waals surface area (Å²) in [6.45, 7) is 1.12. The van der Waals surface area contributed by atoms with E-state index in [2.05, 4.69) is 0 Å². The Morgan fingerprint density at radius 1 is 0.882 bits per heavy atom. The second-order valence-corrected chi connectivity index (χ2v) is 3.27. The molecule has 0 saturated carbocycles. The van der Waals surface area contributed by atoms with Gasteiger partial charge in [0.05, 0.1) is 0 Å². The van der Waals surface area contributed by atoms with E-state index < -0.39 is 12.2 Å². The van der Waals surface area contributed by atoms with Crippen LogP contribution in [0.15, 0.2) is 24.6 Å². The summed E-state index contributed by atoms with van der Waals surface area (Å²) in [5, 5.41) is 19.9. The molecule has 0 aromatic heterocycles. The van der Waals surface area contributed by atoms with E-state index >= 15 is 0 Å². The third-order valence-corrected chi connectivity index (χ3v) is 2.11. The van der Waals surface area contributed by atoms with E-state index in [1.807, 2.05) is 0 Å². The normalized spacial score (nSPS) is 16.2. The molecule has 2 aliphatic rings. The van der Waals surface area contributed by atoms with Crippen LogP contribution < -0.4 is 10.2 Å². The summed E-state index contributed by atoms with van der Waals surface area (Å²) in [6, 6.07) is 0. The minimum Gasteiger partial charge on any atom is -0.530 e. The van der Waals surface area contributed by atoms with Crippen LogP contribution in [-0.2, 0) is 0 Å². The van der Waals surface area contributed by atoms with Crippen molar-refractivity contribution in [1.82, 2.24) is 9.80 Å². The SMILES string of the molecule is O=C([O-])N1C=CCC1.O=C([O-])N1C=CCC1.[Ba+2]. The Hall–Kier alpha value is -0.409. The molecule has 2 aliphatic heterocycles. The molecule has 17 heavy (non-hydrogen) atoms. The Morgan fingerprint density at radius 3 is 1.35 bits per heavy atom. The molecular weight excluding hydrogens is 349 g/mol. The van der Waals surface area contributed by atoms with Crippen LogP contribution in [0.1, 0.15) is 12.8 Å². The second kappa shape index (κ2) is 8.65. The van der Waals surface area contributed by atoms with Crippen molar-refractivity contribution in [2.75, 3.05) is 13.1 Å². The van der Waals surface area contributed by atoms with E-state index in [0.29, 0.717) is 13.1 Å². The van der Waals surface area contributed by atoms with Crippen LogP contribution in [-0.4, -0.2) is 84.0 Å². The first-order chi connectivity index (χ1) is 7.61. The number of carbonyl (C=O) groups excluding carboxylic acids is 2. The Labute approximate surface area is 140 Å². The third-order valence-electron chi connectivity index (χ3n) is 2.11. The molecule has 0 fully saturated rings. The predicted octanol–water partition coefficient (Wildman–Crippen LogP) is -1.28. The van der Waals surface area contributed by atoms with E-state index in [9.17, 15) is 19.8 Å². The molecule has 0 aromatic rings. The molecule has 0 spiro atoms. The summed E-state index contributed by atoms with van der Waals surface area (Å²) in [5.41, 5.74) is 0. The zero-order valence-corrected chi connectivity index (χ0v) is 13.8. The molecule has 7 heteroatoms. The average molecular weight is 362 g/mol. The number of amides is 2. The molecule has 0 aromatic carbocycles. The van der Waals surface area contributed by atoms with Gasteiger partial charge in [0.15, 0.2) is 0 Å². The Bertz CT molecular complexity index is 298. The van der Waals surface area contributed by atoms with Crippen LogP contribution in [0.3, 0.4) is 0 Å². The predicted molar refractivity (Wildman–Crippen MR) is 57.5 cm³/mol. The number of rotatable bonds is 0. The van der Waals surface area contributed by atoms with Gasteiger partial charge in [-0.1, -0.05) is 12.2 Å². The average Bonchev–Trinajstić information content (AvgIpc) is 2.93. The first-order valence-electron chi connectivity index (χ1n) is 4.90. The third kappa shape index (κ3) is 6.18. The minimum absolute atomic E-state index is 0. The summed E-state index contributed by atoms with van der Waals surface area (Å²) in [4.78, 5) is 22.2. The van der Waals surface area contributed by atoms with Gasteiger partial charge in [0.1, 0.15) is 12.2 Å². The van der Waals surface area contributed by atoms with Crippen molar-refractivity contribution >= 4 is 61.1 Å². The topological polar surface area (TPSA) is 86.7 Å². The van der Waals surface area contributed by atoms with Crippen molar-refractivity contribution in [2.24, 2.45) is 0 Å². The Kier molecular flexibility index (Phi) is 8.44. The monoisotopic (exact) mass is 362 g/mol. The number of nitrogens with zero attached hydrogens (tertiary/aromatic N) is 2. The van der Waals surface area contributed by atoms with Gasteiger partial charge in [-0.15, -0.1) is 0 Å². The number of carbonyl (C=O) groups is 2. The summed E-state index contributed by atoms with van der Waals surface area (Å²) < 4.78 is 0. The molecule has 2 amide bonds. The van der Waals surface area contributed by atoms with Gasteiger partial charge in [0.25, 0.3) is 0 Å². The van der Waals surface area contributed by atoms with Crippen molar-refractivity contribution in [3.05, 3.63) is 24.6 Å². The molecular formula is C10H12BaN2O4. The maximum atomic E-state index is 9.97. The summed E-state index contributed by atoms with van der Waals surface area (Å²) in [5.74, 6) is 0. The largest absolute Gasteiger partial charge is 2.00 e. The molecule has 2 rings (SSSR count). The zero-order valence-electron chi connectivity index (χ0n) is 9.37.